The third-order valence-electron chi connectivity index (χ3n) is 3.11. The van der Waals surface area contributed by atoms with Crippen LogP contribution in [0.15, 0.2) is 34.9 Å². The normalized spacial score (nSPS) is 11.9. The first-order valence-electron chi connectivity index (χ1n) is 6.56. The van der Waals surface area contributed by atoms with Crippen molar-refractivity contribution in [2.45, 2.75) is 26.3 Å². The van der Waals surface area contributed by atoms with Crippen LogP contribution in [0.5, 0.6) is 5.75 Å². The van der Waals surface area contributed by atoms with Gasteiger partial charge in [0.1, 0.15) is 5.75 Å². The molecule has 0 unspecified atom stereocenters. The maximum atomic E-state index is 11.9. The van der Waals surface area contributed by atoms with Crippen molar-refractivity contribution in [2.75, 3.05) is 7.11 Å². The summed E-state index contributed by atoms with van der Waals surface area (Å²) in [6.07, 6.45) is 0.870. The van der Waals surface area contributed by atoms with E-state index in [0.717, 1.165) is 17.7 Å². The molecule has 106 valence electrons. The molecule has 0 radical (unpaired) electrons. The Morgan fingerprint density at radius 1 is 1.40 bits per heavy atom. The third-order valence-corrected chi connectivity index (χ3v) is 3.11. The van der Waals surface area contributed by atoms with Crippen LogP contribution < -0.4 is 10.1 Å². The summed E-state index contributed by atoms with van der Waals surface area (Å²) >= 11 is 0. The first-order chi connectivity index (χ1) is 9.63. The van der Waals surface area contributed by atoms with Gasteiger partial charge in [0, 0.05) is 17.7 Å². The van der Waals surface area contributed by atoms with E-state index in [4.69, 9.17) is 9.26 Å². The maximum Gasteiger partial charge on any atom is 0.273 e. The molecule has 0 saturated carbocycles. The Kier molecular flexibility index (Phi) is 4.40. The van der Waals surface area contributed by atoms with E-state index < -0.39 is 0 Å². The van der Waals surface area contributed by atoms with Gasteiger partial charge < -0.3 is 14.6 Å². The zero-order chi connectivity index (χ0) is 14.5. The third kappa shape index (κ3) is 3.17. The molecular formula is C15H18N2O3. The molecule has 2 aromatic rings. The number of rotatable bonds is 5. The second-order valence-corrected chi connectivity index (χ2v) is 4.59. The summed E-state index contributed by atoms with van der Waals surface area (Å²) in [6, 6.07) is 9.13. The first-order valence-corrected chi connectivity index (χ1v) is 6.56. The highest BCUT2D eigenvalue weighted by Crippen LogP contribution is 2.23. The summed E-state index contributed by atoms with van der Waals surface area (Å²) in [7, 11) is 1.61. The molecule has 2 rings (SSSR count). The lowest BCUT2D eigenvalue weighted by Crippen LogP contribution is -2.32. The molecule has 0 saturated heterocycles. The summed E-state index contributed by atoms with van der Waals surface area (Å²) in [5.74, 6) is 1.10. The van der Waals surface area contributed by atoms with E-state index in [2.05, 4.69) is 10.5 Å². The Hall–Kier alpha value is -2.30. The smallest absolute Gasteiger partial charge is 0.273 e. The molecule has 1 aromatic carbocycles. The number of benzene rings is 1. The highest BCUT2D eigenvalue weighted by Gasteiger charge is 2.15. The van der Waals surface area contributed by atoms with Crippen LogP contribution in [0.1, 0.15) is 30.8 Å². The number of nitrogens with one attached hydrogen (secondary N) is 1. The topological polar surface area (TPSA) is 64.4 Å². The number of carbonyl (C=O) groups is 1. The van der Waals surface area contributed by atoms with Gasteiger partial charge in [0.25, 0.3) is 5.91 Å². The average Bonchev–Trinajstić information content (AvgIpc) is 2.97. The second kappa shape index (κ2) is 6.23. The molecule has 0 aliphatic carbocycles. The molecule has 20 heavy (non-hydrogen) atoms. The molecule has 1 aromatic heterocycles. The standard InChI is InChI=1S/C15H18N2O3/c1-4-10(2)16-15(18)13-9-14(20-17-13)11-5-7-12(19-3)8-6-11/h5-10H,4H2,1-3H3,(H,16,18)/t10-/m0/s1. The van der Waals surface area contributed by atoms with Crippen molar-refractivity contribution in [1.82, 2.24) is 10.5 Å². The van der Waals surface area contributed by atoms with Gasteiger partial charge in [-0.15, -0.1) is 0 Å². The molecule has 0 aliphatic heterocycles. The fourth-order valence-electron chi connectivity index (χ4n) is 1.67. The monoisotopic (exact) mass is 274 g/mol. The first kappa shape index (κ1) is 14.1. The Labute approximate surface area is 117 Å². The van der Waals surface area contributed by atoms with Crippen LogP contribution >= 0.6 is 0 Å². The van der Waals surface area contributed by atoms with Crippen LogP contribution in [-0.4, -0.2) is 24.2 Å². The Bertz CT molecular complexity index is 575. The summed E-state index contributed by atoms with van der Waals surface area (Å²) in [4.78, 5) is 11.9. The zero-order valence-electron chi connectivity index (χ0n) is 11.8. The van der Waals surface area contributed by atoms with Crippen molar-refractivity contribution in [3.05, 3.63) is 36.0 Å². The van der Waals surface area contributed by atoms with E-state index in [-0.39, 0.29) is 17.6 Å². The fourth-order valence-corrected chi connectivity index (χ4v) is 1.67. The lowest BCUT2D eigenvalue weighted by atomic mass is 10.1. The van der Waals surface area contributed by atoms with Crippen molar-refractivity contribution in [3.8, 4) is 17.1 Å². The summed E-state index contributed by atoms with van der Waals surface area (Å²) in [5, 5.41) is 6.65. The van der Waals surface area contributed by atoms with Crippen molar-refractivity contribution in [2.24, 2.45) is 0 Å². The number of carbonyl (C=O) groups excluding carboxylic acids is 1. The summed E-state index contributed by atoms with van der Waals surface area (Å²) in [5.41, 5.74) is 1.14. The Morgan fingerprint density at radius 2 is 2.10 bits per heavy atom. The van der Waals surface area contributed by atoms with Crippen LogP contribution in [0.25, 0.3) is 11.3 Å². The zero-order valence-corrected chi connectivity index (χ0v) is 11.8. The van der Waals surface area contributed by atoms with Gasteiger partial charge >= 0.3 is 0 Å². The summed E-state index contributed by atoms with van der Waals surface area (Å²) < 4.78 is 10.3. The Balaban J connectivity index is 2.13. The molecule has 0 spiro atoms. The quantitative estimate of drug-likeness (QED) is 0.910. The molecule has 0 bridgehead atoms. The number of hydrogen-bond acceptors (Lipinski definition) is 4. The minimum Gasteiger partial charge on any atom is -0.497 e. The second-order valence-electron chi connectivity index (χ2n) is 4.59. The molecule has 0 fully saturated rings. The van der Waals surface area contributed by atoms with E-state index in [0.29, 0.717) is 5.76 Å². The largest absolute Gasteiger partial charge is 0.497 e. The molecule has 5 heteroatoms. The van der Waals surface area contributed by atoms with Gasteiger partial charge in [-0.1, -0.05) is 12.1 Å². The molecule has 0 aliphatic rings. The number of amides is 1. The molecule has 1 N–H and O–H groups in total. The highest BCUT2D eigenvalue weighted by molar-refractivity contribution is 5.93. The van der Waals surface area contributed by atoms with Gasteiger partial charge in [0.15, 0.2) is 11.5 Å². The minimum absolute atomic E-state index is 0.114. The van der Waals surface area contributed by atoms with Gasteiger partial charge in [-0.05, 0) is 37.6 Å². The number of methoxy groups -OCH3 is 1. The van der Waals surface area contributed by atoms with Gasteiger partial charge in [-0.25, -0.2) is 0 Å². The van der Waals surface area contributed by atoms with Gasteiger partial charge in [0.2, 0.25) is 0 Å². The molecule has 1 heterocycles. The predicted molar refractivity (Wildman–Crippen MR) is 75.7 cm³/mol. The highest BCUT2D eigenvalue weighted by atomic mass is 16.5. The Morgan fingerprint density at radius 3 is 2.70 bits per heavy atom. The van der Waals surface area contributed by atoms with Crippen LogP contribution in [0.4, 0.5) is 0 Å². The van der Waals surface area contributed by atoms with Crippen molar-refractivity contribution >= 4 is 5.91 Å². The van der Waals surface area contributed by atoms with Crippen molar-refractivity contribution in [3.63, 3.8) is 0 Å². The van der Waals surface area contributed by atoms with Crippen LogP contribution in [0, 0.1) is 0 Å². The molecule has 5 nitrogen and oxygen atoms in total. The van der Waals surface area contributed by atoms with Crippen LogP contribution in [0.2, 0.25) is 0 Å². The van der Waals surface area contributed by atoms with Crippen LogP contribution in [0.3, 0.4) is 0 Å². The maximum absolute atomic E-state index is 11.9. The number of aromatic nitrogens is 1. The lowest BCUT2D eigenvalue weighted by molar-refractivity contribution is 0.0930. The predicted octanol–water partition coefficient (Wildman–Crippen LogP) is 2.88. The SMILES string of the molecule is CC[C@H](C)NC(=O)c1cc(-c2ccc(OC)cc2)on1. The molecule has 1 amide bonds. The van der Waals surface area contributed by atoms with Gasteiger partial charge in [0.05, 0.1) is 7.11 Å². The van der Waals surface area contributed by atoms with E-state index >= 15 is 0 Å². The number of hydrogen-bond donors (Lipinski definition) is 1. The van der Waals surface area contributed by atoms with E-state index in [1.54, 1.807) is 13.2 Å². The molecule has 1 atom stereocenters. The lowest BCUT2D eigenvalue weighted by Gasteiger charge is -2.08. The fraction of sp³-hybridized carbons (Fsp3) is 0.333. The number of ether oxygens (including phenoxy) is 1. The van der Waals surface area contributed by atoms with Crippen LogP contribution in [-0.2, 0) is 0 Å². The minimum atomic E-state index is -0.220. The summed E-state index contributed by atoms with van der Waals surface area (Å²) in [6.45, 7) is 3.96. The van der Waals surface area contributed by atoms with Gasteiger partial charge in [-0.3, -0.25) is 4.79 Å². The van der Waals surface area contributed by atoms with Gasteiger partial charge in [-0.2, -0.15) is 0 Å². The average molecular weight is 274 g/mol. The number of nitrogens with zero attached hydrogens (tertiary/aromatic N) is 1. The van der Waals surface area contributed by atoms with Crippen molar-refractivity contribution in [1.29, 1.82) is 0 Å². The molecular weight excluding hydrogens is 256 g/mol. The van der Waals surface area contributed by atoms with E-state index in [9.17, 15) is 4.79 Å². The van der Waals surface area contributed by atoms with E-state index in [1.165, 1.54) is 0 Å². The van der Waals surface area contributed by atoms with E-state index in [1.807, 2.05) is 38.1 Å². The van der Waals surface area contributed by atoms with Crippen molar-refractivity contribution < 1.29 is 14.1 Å².